The van der Waals surface area contributed by atoms with E-state index in [1.807, 2.05) is 18.2 Å². The second-order valence-corrected chi connectivity index (χ2v) is 9.02. The Morgan fingerprint density at radius 3 is 2.33 bits per heavy atom. The third-order valence-corrected chi connectivity index (χ3v) is 6.68. The van der Waals surface area contributed by atoms with Crippen LogP contribution in [-0.2, 0) is 11.3 Å². The Balaban J connectivity index is 1.96. The summed E-state index contributed by atoms with van der Waals surface area (Å²) >= 11 is 3.84. The van der Waals surface area contributed by atoms with Gasteiger partial charge in [-0.1, -0.05) is 50.2 Å². The lowest BCUT2D eigenvalue weighted by Gasteiger charge is -2.14. The van der Waals surface area contributed by atoms with Gasteiger partial charge >= 0.3 is 0 Å². The van der Waals surface area contributed by atoms with E-state index in [1.54, 1.807) is 21.3 Å². The number of methoxy groups -OCH3 is 3. The molecule has 33 heavy (non-hydrogen) atoms. The smallest absolute Gasteiger partial charge is 0.145 e. The predicted molar refractivity (Wildman–Crippen MR) is 137 cm³/mol. The molecule has 3 aromatic carbocycles. The van der Waals surface area contributed by atoms with Crippen LogP contribution < -0.4 is 9.47 Å². The number of hydrogen-bond acceptors (Lipinski definition) is 4. The van der Waals surface area contributed by atoms with Gasteiger partial charge in [0, 0.05) is 24.8 Å². The lowest BCUT2D eigenvalue weighted by atomic mass is 10.0. The maximum atomic E-state index is 5.87. The van der Waals surface area contributed by atoms with Crippen LogP contribution in [0.2, 0.25) is 0 Å². The lowest BCUT2D eigenvalue weighted by molar-refractivity contribution is 0.188. The van der Waals surface area contributed by atoms with Gasteiger partial charge < -0.3 is 18.8 Å². The number of rotatable bonds is 8. The fourth-order valence-electron chi connectivity index (χ4n) is 4.04. The third-order valence-electron chi connectivity index (χ3n) is 5.88. The Kier molecular flexibility index (Phi) is 7.05. The summed E-state index contributed by atoms with van der Waals surface area (Å²) in [5.74, 6) is 2.93. The molecule has 1 aromatic heterocycles. The molecular formula is C27H29BrN2O3. The third kappa shape index (κ3) is 4.50. The van der Waals surface area contributed by atoms with E-state index >= 15 is 0 Å². The van der Waals surface area contributed by atoms with Crippen LogP contribution in [0.25, 0.3) is 33.5 Å². The molecule has 0 atom stereocenters. The average Bonchev–Trinajstić information content (AvgIpc) is 3.23. The van der Waals surface area contributed by atoms with Gasteiger partial charge in [0.25, 0.3) is 0 Å². The Morgan fingerprint density at radius 2 is 1.70 bits per heavy atom. The summed E-state index contributed by atoms with van der Waals surface area (Å²) in [5, 5.41) is 0. The summed E-state index contributed by atoms with van der Waals surface area (Å²) in [4.78, 5) is 5.10. The largest absolute Gasteiger partial charge is 0.497 e. The minimum atomic E-state index is 0.478. The molecule has 6 heteroatoms. The van der Waals surface area contributed by atoms with Gasteiger partial charge in [0.1, 0.15) is 28.4 Å². The summed E-state index contributed by atoms with van der Waals surface area (Å²) < 4.78 is 19.8. The van der Waals surface area contributed by atoms with Crippen molar-refractivity contribution in [2.45, 2.75) is 26.3 Å². The SMILES string of the molecule is COCCn1c(-c2ccc(C(C)C)cc2)nc2c(Br)c(-c3cccc(OC)c3)cc(OC)c21. The van der Waals surface area contributed by atoms with Crippen molar-refractivity contribution in [3.8, 4) is 34.0 Å². The lowest BCUT2D eigenvalue weighted by Crippen LogP contribution is -2.07. The van der Waals surface area contributed by atoms with Crippen LogP contribution in [0.3, 0.4) is 0 Å². The molecule has 0 saturated carbocycles. The fraction of sp³-hybridized carbons (Fsp3) is 0.296. The van der Waals surface area contributed by atoms with Gasteiger partial charge in [-0.15, -0.1) is 0 Å². The van der Waals surface area contributed by atoms with Crippen LogP contribution in [0, 0.1) is 0 Å². The van der Waals surface area contributed by atoms with Gasteiger partial charge in [-0.2, -0.15) is 0 Å². The minimum absolute atomic E-state index is 0.478. The normalized spacial score (nSPS) is 11.4. The Labute approximate surface area is 203 Å². The number of halogens is 1. The number of aromatic nitrogens is 2. The molecule has 0 bridgehead atoms. The molecule has 0 radical (unpaired) electrons. The van der Waals surface area contributed by atoms with Crippen molar-refractivity contribution >= 4 is 27.0 Å². The van der Waals surface area contributed by atoms with E-state index in [1.165, 1.54) is 5.56 Å². The summed E-state index contributed by atoms with van der Waals surface area (Å²) in [6.45, 7) is 5.63. The highest BCUT2D eigenvalue weighted by Gasteiger charge is 2.22. The van der Waals surface area contributed by atoms with Crippen molar-refractivity contribution in [1.82, 2.24) is 9.55 Å². The molecule has 0 aliphatic heterocycles. The van der Waals surface area contributed by atoms with Gasteiger partial charge in [0.05, 0.1) is 25.3 Å². The predicted octanol–water partition coefficient (Wildman–Crippen LogP) is 6.92. The zero-order valence-electron chi connectivity index (χ0n) is 19.7. The highest BCUT2D eigenvalue weighted by Crippen LogP contribution is 2.42. The van der Waals surface area contributed by atoms with Crippen molar-refractivity contribution in [2.24, 2.45) is 0 Å². The zero-order chi connectivity index (χ0) is 23.5. The summed E-state index contributed by atoms with van der Waals surface area (Å²) in [6, 6.07) is 18.7. The summed E-state index contributed by atoms with van der Waals surface area (Å²) in [6.07, 6.45) is 0. The van der Waals surface area contributed by atoms with Gasteiger partial charge in [-0.25, -0.2) is 4.98 Å². The summed E-state index contributed by atoms with van der Waals surface area (Å²) in [7, 11) is 5.08. The van der Waals surface area contributed by atoms with Gasteiger partial charge in [0.2, 0.25) is 0 Å². The van der Waals surface area contributed by atoms with E-state index in [2.05, 4.69) is 70.7 Å². The number of ether oxygens (including phenoxy) is 3. The molecule has 0 N–H and O–H groups in total. The molecule has 0 fully saturated rings. The zero-order valence-corrected chi connectivity index (χ0v) is 21.3. The molecule has 0 aliphatic rings. The van der Waals surface area contributed by atoms with Gasteiger partial charge in [-0.3, -0.25) is 0 Å². The molecule has 172 valence electrons. The molecule has 5 nitrogen and oxygen atoms in total. The first-order valence-electron chi connectivity index (χ1n) is 11.0. The van der Waals surface area contributed by atoms with Crippen molar-refractivity contribution in [3.63, 3.8) is 0 Å². The maximum absolute atomic E-state index is 5.87. The van der Waals surface area contributed by atoms with E-state index in [4.69, 9.17) is 19.2 Å². The molecule has 4 aromatic rings. The van der Waals surface area contributed by atoms with Crippen molar-refractivity contribution < 1.29 is 14.2 Å². The van der Waals surface area contributed by atoms with E-state index in [0.717, 1.165) is 49.5 Å². The second kappa shape index (κ2) is 9.98. The van der Waals surface area contributed by atoms with Crippen molar-refractivity contribution in [3.05, 3.63) is 64.6 Å². The molecule has 0 unspecified atom stereocenters. The van der Waals surface area contributed by atoms with E-state index < -0.39 is 0 Å². The maximum Gasteiger partial charge on any atom is 0.145 e. The van der Waals surface area contributed by atoms with Crippen LogP contribution in [0.5, 0.6) is 11.5 Å². The van der Waals surface area contributed by atoms with Crippen LogP contribution in [-0.4, -0.2) is 37.5 Å². The minimum Gasteiger partial charge on any atom is -0.497 e. The standard InChI is InChI=1S/C27H29BrN2O3/c1-17(2)18-9-11-19(12-10-18)27-29-25-24(28)22(20-7-6-8-21(15-20)32-4)16-23(33-5)26(25)30(27)13-14-31-3/h6-12,15-17H,13-14H2,1-5H3. The Bertz CT molecular complexity index is 1260. The van der Waals surface area contributed by atoms with Crippen LogP contribution >= 0.6 is 15.9 Å². The molecule has 0 amide bonds. The molecule has 0 saturated heterocycles. The fourth-order valence-corrected chi connectivity index (χ4v) is 4.66. The van der Waals surface area contributed by atoms with E-state index in [0.29, 0.717) is 19.1 Å². The molecule has 0 spiro atoms. The number of hydrogen-bond donors (Lipinski definition) is 0. The van der Waals surface area contributed by atoms with Crippen molar-refractivity contribution in [2.75, 3.05) is 27.9 Å². The van der Waals surface area contributed by atoms with Crippen molar-refractivity contribution in [1.29, 1.82) is 0 Å². The topological polar surface area (TPSA) is 45.5 Å². The first kappa shape index (κ1) is 23.3. The van der Waals surface area contributed by atoms with Crippen LogP contribution in [0.15, 0.2) is 59.1 Å². The molecule has 1 heterocycles. The molecule has 4 rings (SSSR count). The van der Waals surface area contributed by atoms with E-state index in [9.17, 15) is 0 Å². The second-order valence-electron chi connectivity index (χ2n) is 8.23. The highest BCUT2D eigenvalue weighted by atomic mass is 79.9. The number of imidazole rings is 1. The first-order chi connectivity index (χ1) is 16.0. The quantitative estimate of drug-likeness (QED) is 0.259. The number of fused-ring (bicyclic) bond motifs is 1. The molecular weight excluding hydrogens is 480 g/mol. The highest BCUT2D eigenvalue weighted by molar-refractivity contribution is 9.10. The Hall–Kier alpha value is -2.83. The van der Waals surface area contributed by atoms with Gasteiger partial charge in [0.15, 0.2) is 0 Å². The number of nitrogens with zero attached hydrogens (tertiary/aromatic N) is 2. The summed E-state index contributed by atoms with van der Waals surface area (Å²) in [5.41, 5.74) is 6.18. The Morgan fingerprint density at radius 1 is 0.939 bits per heavy atom. The van der Waals surface area contributed by atoms with Crippen LogP contribution in [0.4, 0.5) is 0 Å². The van der Waals surface area contributed by atoms with Crippen LogP contribution in [0.1, 0.15) is 25.3 Å². The molecule has 0 aliphatic carbocycles. The first-order valence-corrected chi connectivity index (χ1v) is 11.8. The average molecular weight is 509 g/mol. The van der Waals surface area contributed by atoms with Gasteiger partial charge in [-0.05, 0) is 51.2 Å². The monoisotopic (exact) mass is 508 g/mol. The van der Waals surface area contributed by atoms with E-state index in [-0.39, 0.29) is 0 Å². The number of benzene rings is 3.